The van der Waals surface area contributed by atoms with E-state index in [0.717, 1.165) is 0 Å². The van der Waals surface area contributed by atoms with Crippen molar-refractivity contribution in [3.8, 4) is 0 Å². The van der Waals surface area contributed by atoms with Gasteiger partial charge in [0.15, 0.2) is 17.4 Å². The van der Waals surface area contributed by atoms with Gasteiger partial charge in [0.1, 0.15) is 0 Å². The van der Waals surface area contributed by atoms with E-state index in [4.69, 9.17) is 23.2 Å². The van der Waals surface area contributed by atoms with Crippen molar-refractivity contribution in [3.05, 3.63) is 0 Å². The Balaban J connectivity index is 0. The van der Waals surface area contributed by atoms with E-state index in [0.29, 0.717) is 0 Å². The summed E-state index contributed by atoms with van der Waals surface area (Å²) in [5, 5.41) is -0.508. The lowest BCUT2D eigenvalue weighted by Gasteiger charge is -1.66. The molecule has 0 aliphatic carbocycles. The number of hydrogen-bond acceptors (Lipinski definition) is 2. The summed E-state index contributed by atoms with van der Waals surface area (Å²) in [7, 11) is 2.11. The number of carbonyl (C=O) groups excluding carboxylic acids is 1. The first-order chi connectivity index (χ1) is 4.16. The molecule has 1 saturated heterocycles. The highest BCUT2D eigenvalue weighted by atomic mass is 35.5. The molecule has 0 bridgehead atoms. The van der Waals surface area contributed by atoms with Crippen molar-refractivity contribution in [2.45, 2.75) is 0 Å². The fourth-order valence-electron chi connectivity index (χ4n) is 0.1000. The van der Waals surface area contributed by atoms with Crippen LogP contribution in [0.1, 0.15) is 0 Å². The molecule has 0 saturated carbocycles. The van der Waals surface area contributed by atoms with Gasteiger partial charge in [0.2, 0.25) is 5.24 Å². The summed E-state index contributed by atoms with van der Waals surface area (Å²) in [4.78, 5) is 11.7. The zero-order chi connectivity index (χ0) is 7.28. The first kappa shape index (κ1) is 13.3. The van der Waals surface area contributed by atoms with Gasteiger partial charge in [0, 0.05) is 13.1 Å². The molecule has 0 amide bonds. The van der Waals surface area contributed by atoms with Crippen molar-refractivity contribution in [3.63, 3.8) is 0 Å². The maximum absolute atomic E-state index is 9.45. The van der Waals surface area contributed by atoms with E-state index in [1.165, 1.54) is 13.1 Å². The molecule has 60 valence electrons. The number of halogens is 2. The van der Waals surface area contributed by atoms with Crippen molar-refractivity contribution in [1.82, 2.24) is 4.90 Å². The largest absolute Gasteiger partial charge is 0.304 e. The average molecular weight is 200 g/mol. The highest BCUT2D eigenvalue weighted by Crippen LogP contribution is 1.93. The van der Waals surface area contributed by atoms with E-state index in [-0.39, 0.29) is 23.2 Å². The molecule has 1 aliphatic heterocycles. The zero-order valence-corrected chi connectivity index (χ0v) is 6.74. The highest BCUT2D eigenvalue weighted by Gasteiger charge is 2.07. The molecule has 0 spiro atoms. The zero-order valence-electron chi connectivity index (χ0n) is 5.23. The molecule has 0 radical (unpaired) electrons. The van der Waals surface area contributed by atoms with Crippen LogP contribution in [0.2, 0.25) is 0 Å². The maximum Gasteiger partial charge on any atom is 0.236 e. The second kappa shape index (κ2) is 7.85. The molecule has 0 aromatic rings. The molecule has 10 heavy (non-hydrogen) atoms. The average Bonchev–Trinajstić information content (AvgIpc) is 2.53. The molecule has 1 fully saturated rings. The second-order valence-electron chi connectivity index (χ2n) is 1.79. The predicted molar refractivity (Wildman–Crippen MR) is 49.0 cm³/mol. The number of likely N-dealkylation sites (N-methyl/N-ethyl adjacent to an activating group) is 1. The molecule has 5 heteroatoms. The van der Waals surface area contributed by atoms with Crippen molar-refractivity contribution >= 4 is 45.8 Å². The quantitative estimate of drug-likeness (QED) is 0.251. The number of hydrogen-bond donors (Lipinski definition) is 0. The Hall–Kier alpha value is 0.742. The molecule has 2 nitrogen and oxygen atoms in total. The summed E-state index contributed by atoms with van der Waals surface area (Å²) in [5.41, 5.74) is 0. The molecule has 1 rings (SSSR count). The standard InChI is InChI=1S/C3H7N.C2H2Cl2O.Al.3H/c1-4-2-3-4;3-1-2(4)5;;;;/h2-3H2,1H3;1H2;;;;. The van der Waals surface area contributed by atoms with Crippen LogP contribution in [0.25, 0.3) is 0 Å². The summed E-state index contributed by atoms with van der Waals surface area (Å²) in [5.74, 6) is -0.0957. The predicted octanol–water partition coefficient (Wildman–Crippen LogP) is -0.262. The number of alkyl halides is 1. The lowest BCUT2D eigenvalue weighted by molar-refractivity contribution is -0.109. The number of nitrogens with zero attached hydrogens (tertiary/aromatic N) is 1. The Bertz CT molecular complexity index is 97.6. The van der Waals surface area contributed by atoms with E-state index >= 15 is 0 Å². The molecule has 0 unspecified atom stereocenters. The van der Waals surface area contributed by atoms with E-state index < -0.39 is 5.24 Å². The van der Waals surface area contributed by atoms with Crippen LogP contribution >= 0.6 is 23.2 Å². The Morgan fingerprint density at radius 3 is 1.80 bits per heavy atom. The van der Waals surface area contributed by atoms with Gasteiger partial charge in [-0.15, -0.1) is 11.6 Å². The minimum absolute atomic E-state index is 0. The van der Waals surface area contributed by atoms with Gasteiger partial charge in [0.25, 0.3) is 0 Å². The van der Waals surface area contributed by atoms with Crippen LogP contribution in [0.3, 0.4) is 0 Å². The lowest BCUT2D eigenvalue weighted by atomic mass is 10.9. The number of rotatable bonds is 1. The third-order valence-corrected chi connectivity index (χ3v) is 1.29. The van der Waals surface area contributed by atoms with Gasteiger partial charge in [0.05, 0.1) is 5.88 Å². The topological polar surface area (TPSA) is 20.1 Å². The smallest absolute Gasteiger partial charge is 0.236 e. The lowest BCUT2D eigenvalue weighted by Crippen LogP contribution is -1.81. The Labute approximate surface area is 81.6 Å². The van der Waals surface area contributed by atoms with E-state index in [1.807, 2.05) is 0 Å². The van der Waals surface area contributed by atoms with Crippen molar-refractivity contribution in [1.29, 1.82) is 0 Å². The van der Waals surface area contributed by atoms with Gasteiger partial charge in [-0.1, -0.05) is 0 Å². The van der Waals surface area contributed by atoms with Crippen LogP contribution < -0.4 is 0 Å². The summed E-state index contributed by atoms with van der Waals surface area (Å²) < 4.78 is 0. The van der Waals surface area contributed by atoms with Crippen LogP contribution in [0, 0.1) is 0 Å². The third kappa shape index (κ3) is 15.9. The summed E-state index contributed by atoms with van der Waals surface area (Å²) in [6.45, 7) is 2.64. The van der Waals surface area contributed by atoms with Gasteiger partial charge < -0.3 is 4.90 Å². The van der Waals surface area contributed by atoms with Gasteiger partial charge in [-0.05, 0) is 18.6 Å². The van der Waals surface area contributed by atoms with Crippen LogP contribution in [-0.4, -0.2) is 53.5 Å². The first-order valence-electron chi connectivity index (χ1n) is 2.59. The highest BCUT2D eigenvalue weighted by molar-refractivity contribution is 6.67. The molecule has 0 aromatic heterocycles. The monoisotopic (exact) mass is 199 g/mol. The molecule has 1 heterocycles. The Morgan fingerprint density at radius 1 is 1.60 bits per heavy atom. The molecule has 1 aliphatic rings. The maximum atomic E-state index is 9.45. The van der Waals surface area contributed by atoms with E-state index in [9.17, 15) is 4.79 Å². The van der Waals surface area contributed by atoms with Gasteiger partial charge >= 0.3 is 0 Å². The van der Waals surface area contributed by atoms with Crippen LogP contribution in [0.5, 0.6) is 0 Å². The van der Waals surface area contributed by atoms with E-state index in [1.54, 1.807) is 0 Å². The van der Waals surface area contributed by atoms with Crippen molar-refractivity contribution < 1.29 is 4.79 Å². The van der Waals surface area contributed by atoms with Crippen LogP contribution in [0.15, 0.2) is 0 Å². The molecular weight excluding hydrogens is 188 g/mol. The summed E-state index contributed by atoms with van der Waals surface area (Å²) in [6, 6.07) is 0. The summed E-state index contributed by atoms with van der Waals surface area (Å²) in [6.07, 6.45) is 0. The van der Waals surface area contributed by atoms with E-state index in [2.05, 4.69) is 11.9 Å². The van der Waals surface area contributed by atoms with Crippen LogP contribution in [0.4, 0.5) is 0 Å². The van der Waals surface area contributed by atoms with Crippen molar-refractivity contribution in [2.24, 2.45) is 0 Å². The Kier molecular flexibility index (Phi) is 10.5. The van der Waals surface area contributed by atoms with Gasteiger partial charge in [-0.3, -0.25) is 4.79 Å². The number of carbonyl (C=O) groups is 1. The normalized spacial score (nSPS) is 14.3. The second-order valence-corrected chi connectivity index (χ2v) is 2.48. The van der Waals surface area contributed by atoms with Gasteiger partial charge in [-0.2, -0.15) is 0 Å². The molecule has 0 aromatic carbocycles. The van der Waals surface area contributed by atoms with Crippen LogP contribution in [-0.2, 0) is 4.79 Å². The van der Waals surface area contributed by atoms with Gasteiger partial charge in [-0.25, -0.2) is 0 Å². The summed E-state index contributed by atoms with van der Waals surface area (Å²) >= 11 is 9.55. The SMILES string of the molecule is CN1CC1.O=C(Cl)CCl.[AlH3]. The minimum atomic E-state index is -0.508. The molecular formula is C5H12AlCl2NO. The minimum Gasteiger partial charge on any atom is -0.304 e. The Morgan fingerprint density at radius 2 is 1.80 bits per heavy atom. The fourth-order valence-corrected chi connectivity index (χ4v) is 0.1000. The third-order valence-electron chi connectivity index (χ3n) is 0.776. The molecule has 0 N–H and O–H groups in total. The molecule has 0 atom stereocenters. The van der Waals surface area contributed by atoms with Crippen molar-refractivity contribution in [2.75, 3.05) is 26.0 Å². The first-order valence-corrected chi connectivity index (χ1v) is 3.51. The fraction of sp³-hybridized carbons (Fsp3) is 0.800.